The largest absolute Gasteiger partial charge is 2.00 e. The Labute approximate surface area is 102 Å². The van der Waals surface area contributed by atoms with Gasteiger partial charge < -0.3 is 9.79 Å². The Bertz CT molecular complexity index is 150. The number of rotatable bonds is 6. The zero-order chi connectivity index (χ0) is 11.4. The topological polar surface area (TPSA) is 98.7 Å². The summed E-state index contributed by atoms with van der Waals surface area (Å²) in [5, 5.41) is 0. The molecule has 0 spiro atoms. The van der Waals surface area contributed by atoms with E-state index in [0.29, 0.717) is 13.2 Å². The summed E-state index contributed by atoms with van der Waals surface area (Å²) in [4.78, 5) is 19.1. The van der Waals surface area contributed by atoms with Crippen molar-refractivity contribution in [3.63, 3.8) is 0 Å². The molecule has 0 bridgehead atoms. The average Bonchev–Trinajstić information content (AvgIpc) is 2.12. The first kappa shape index (κ1) is 20.9. The van der Waals surface area contributed by atoms with Crippen molar-refractivity contribution in [1.29, 1.82) is 0 Å². The van der Waals surface area contributed by atoms with Gasteiger partial charge in [0.2, 0.25) is 0 Å². The van der Waals surface area contributed by atoms with Crippen LogP contribution in [0.2, 0.25) is 0 Å². The second-order valence-electron chi connectivity index (χ2n) is 2.11. The normalized spacial score (nSPS) is 10.7. The van der Waals surface area contributed by atoms with Crippen molar-refractivity contribution < 1.29 is 45.0 Å². The van der Waals surface area contributed by atoms with Crippen LogP contribution in [0.5, 0.6) is 0 Å². The summed E-state index contributed by atoms with van der Waals surface area (Å²) >= 11 is 0. The second-order valence-corrected chi connectivity index (χ2v) is 3.52. The Morgan fingerprint density at radius 2 is 1.20 bits per heavy atom. The maximum Gasteiger partial charge on any atom is 2.00 e. The fourth-order valence-electron chi connectivity index (χ4n) is 0.332. The molecule has 0 saturated heterocycles. The molecule has 0 heterocycles. The predicted octanol–water partition coefficient (Wildman–Crippen LogP) is 0.859. The standard InChI is InChI=1S/2C3H7O3P.Cu/c2*1-2-3-6-7(4)5;/h2*2-3H2,1H3;/q;;+2. The van der Waals surface area contributed by atoms with Crippen molar-refractivity contribution in [2.24, 2.45) is 0 Å². The molecule has 0 aliphatic heterocycles. The first-order chi connectivity index (χ1) is 6.54. The Kier molecular flexibility index (Phi) is 23.7. The number of hydrogen-bond donors (Lipinski definition) is 0. The van der Waals surface area contributed by atoms with Crippen LogP contribution in [-0.4, -0.2) is 13.2 Å². The SMILES string of the molecule is CCCO[P+](=O)[O-].CCCO[P+](=O)[O-].[Cu+2]. The average molecular weight is 308 g/mol. The van der Waals surface area contributed by atoms with E-state index in [-0.39, 0.29) is 17.1 Å². The van der Waals surface area contributed by atoms with Crippen LogP contribution >= 0.6 is 16.5 Å². The molecule has 0 aliphatic carbocycles. The fraction of sp³-hybridized carbons (Fsp3) is 1.00. The van der Waals surface area contributed by atoms with E-state index in [0.717, 1.165) is 12.8 Å². The summed E-state index contributed by atoms with van der Waals surface area (Å²) in [5.41, 5.74) is 0. The van der Waals surface area contributed by atoms with Gasteiger partial charge in [-0.15, -0.1) is 9.05 Å². The van der Waals surface area contributed by atoms with Crippen LogP contribution in [0, 0.1) is 0 Å². The molecule has 0 rings (SSSR count). The smallest absolute Gasteiger partial charge is 0.566 e. The molecule has 0 amide bonds. The van der Waals surface area contributed by atoms with Crippen LogP contribution in [0.3, 0.4) is 0 Å². The maximum absolute atomic E-state index is 9.57. The summed E-state index contributed by atoms with van der Waals surface area (Å²) in [6.45, 7) is 4.30. The first-order valence-electron chi connectivity index (χ1n) is 4.09. The Hall–Kier alpha value is 0.559. The molecule has 0 aromatic heterocycles. The maximum atomic E-state index is 9.57. The van der Waals surface area contributed by atoms with Gasteiger partial charge in [0, 0.05) is 0 Å². The summed E-state index contributed by atoms with van der Waals surface area (Å²) in [7, 11) is -5.21. The molecular formula is C6H14CuO6P2+2. The minimum absolute atomic E-state index is 0. The molecule has 0 aliphatic rings. The monoisotopic (exact) mass is 307 g/mol. The first-order valence-corrected chi connectivity index (χ1v) is 6.28. The number of hydrogen-bond acceptors (Lipinski definition) is 6. The summed E-state index contributed by atoms with van der Waals surface area (Å²) in [6.07, 6.45) is 1.48. The third-order valence-electron chi connectivity index (χ3n) is 0.802. The summed E-state index contributed by atoms with van der Waals surface area (Å²) in [5.74, 6) is 0. The zero-order valence-corrected chi connectivity index (χ0v) is 11.2. The van der Waals surface area contributed by atoms with E-state index >= 15 is 0 Å². The molecular weight excluding hydrogens is 294 g/mol. The van der Waals surface area contributed by atoms with Crippen LogP contribution in [0.25, 0.3) is 0 Å². The Morgan fingerprint density at radius 1 is 0.933 bits per heavy atom. The minimum Gasteiger partial charge on any atom is -0.566 e. The molecule has 9 heteroatoms. The van der Waals surface area contributed by atoms with Crippen molar-refractivity contribution in [2.75, 3.05) is 13.2 Å². The van der Waals surface area contributed by atoms with E-state index in [1.165, 1.54) is 0 Å². The van der Waals surface area contributed by atoms with Gasteiger partial charge in [-0.25, -0.2) is 0 Å². The molecule has 6 nitrogen and oxygen atoms in total. The third kappa shape index (κ3) is 31.3. The van der Waals surface area contributed by atoms with Crippen LogP contribution in [0.1, 0.15) is 26.7 Å². The molecule has 2 unspecified atom stereocenters. The van der Waals surface area contributed by atoms with Crippen LogP contribution in [0.4, 0.5) is 0 Å². The van der Waals surface area contributed by atoms with Gasteiger partial charge in [0.15, 0.2) is 0 Å². The molecule has 2 atom stereocenters. The van der Waals surface area contributed by atoms with Gasteiger partial charge in [0.05, 0.1) is 0 Å². The van der Waals surface area contributed by atoms with Crippen molar-refractivity contribution >= 4 is 16.5 Å². The molecule has 0 aromatic rings. The van der Waals surface area contributed by atoms with Crippen LogP contribution in [-0.2, 0) is 35.2 Å². The fourth-order valence-corrected chi connectivity index (χ4v) is 0.995. The van der Waals surface area contributed by atoms with Gasteiger partial charge in [-0.1, -0.05) is 13.8 Å². The van der Waals surface area contributed by atoms with E-state index < -0.39 is 16.5 Å². The van der Waals surface area contributed by atoms with Crippen molar-refractivity contribution in [3.8, 4) is 0 Å². The van der Waals surface area contributed by atoms with E-state index in [1.807, 2.05) is 13.8 Å². The van der Waals surface area contributed by atoms with Crippen LogP contribution in [0.15, 0.2) is 0 Å². The van der Waals surface area contributed by atoms with Crippen LogP contribution < -0.4 is 9.79 Å². The molecule has 0 saturated carbocycles. The third-order valence-corrected chi connectivity index (χ3v) is 1.59. The molecule has 15 heavy (non-hydrogen) atoms. The quantitative estimate of drug-likeness (QED) is 0.533. The Morgan fingerprint density at radius 3 is 1.27 bits per heavy atom. The van der Waals surface area contributed by atoms with Gasteiger partial charge in [0.1, 0.15) is 13.2 Å². The van der Waals surface area contributed by atoms with Gasteiger partial charge in [-0.05, 0) is 22.0 Å². The van der Waals surface area contributed by atoms with E-state index in [9.17, 15) is 18.9 Å². The van der Waals surface area contributed by atoms with Crippen molar-refractivity contribution in [1.82, 2.24) is 0 Å². The molecule has 0 aromatic carbocycles. The predicted molar refractivity (Wildman–Crippen MR) is 47.7 cm³/mol. The van der Waals surface area contributed by atoms with Gasteiger partial charge in [-0.2, -0.15) is 0 Å². The van der Waals surface area contributed by atoms with Gasteiger partial charge in [0.25, 0.3) is 0 Å². The molecule has 0 fully saturated rings. The summed E-state index contributed by atoms with van der Waals surface area (Å²) < 4.78 is 27.4. The van der Waals surface area contributed by atoms with E-state index in [4.69, 9.17) is 0 Å². The zero-order valence-electron chi connectivity index (χ0n) is 8.47. The Balaban J connectivity index is -0.000000180. The molecule has 1 radical (unpaired) electrons. The van der Waals surface area contributed by atoms with Crippen molar-refractivity contribution in [3.05, 3.63) is 0 Å². The second kappa shape index (κ2) is 17.0. The van der Waals surface area contributed by atoms with Crippen molar-refractivity contribution in [2.45, 2.75) is 26.7 Å². The van der Waals surface area contributed by atoms with Gasteiger partial charge in [-0.3, -0.25) is 0 Å². The van der Waals surface area contributed by atoms with E-state index in [1.54, 1.807) is 0 Å². The summed E-state index contributed by atoms with van der Waals surface area (Å²) in [6, 6.07) is 0. The van der Waals surface area contributed by atoms with Gasteiger partial charge >= 0.3 is 33.6 Å². The molecule has 0 N–H and O–H groups in total. The van der Waals surface area contributed by atoms with E-state index in [2.05, 4.69) is 9.05 Å². The minimum atomic E-state index is -2.61. The molecule has 93 valence electrons.